The van der Waals surface area contributed by atoms with Crippen LogP contribution in [0.15, 0.2) is 41.7 Å². The maximum absolute atomic E-state index is 13.5. The minimum absolute atomic E-state index is 0.182. The first kappa shape index (κ1) is 16.1. The van der Waals surface area contributed by atoms with Crippen molar-refractivity contribution in [3.05, 3.63) is 48.0 Å². The Morgan fingerprint density at radius 3 is 2.83 bits per heavy atom. The molecule has 23 heavy (non-hydrogen) atoms. The summed E-state index contributed by atoms with van der Waals surface area (Å²) in [6.45, 7) is 5.03. The Kier molecular flexibility index (Phi) is 5.77. The van der Waals surface area contributed by atoms with Crippen LogP contribution in [0.1, 0.15) is 18.4 Å². The summed E-state index contributed by atoms with van der Waals surface area (Å²) in [4.78, 5) is 6.86. The molecule has 3 rings (SSSR count). The molecule has 2 heterocycles. The fourth-order valence-electron chi connectivity index (χ4n) is 3.03. The van der Waals surface area contributed by atoms with Gasteiger partial charge in [0.15, 0.2) is 0 Å². The van der Waals surface area contributed by atoms with Crippen molar-refractivity contribution in [1.82, 2.24) is 10.2 Å². The Morgan fingerprint density at radius 2 is 2.09 bits per heavy atom. The van der Waals surface area contributed by atoms with E-state index in [2.05, 4.69) is 15.2 Å². The van der Waals surface area contributed by atoms with Crippen LogP contribution in [0.2, 0.25) is 0 Å². The fourth-order valence-corrected chi connectivity index (χ4v) is 3.03. The van der Waals surface area contributed by atoms with Crippen LogP contribution in [0.5, 0.6) is 0 Å². The monoisotopic (exact) mass is 317 g/mol. The largest absolute Gasteiger partial charge is 0.384 e. The number of nitrogens with one attached hydrogen (secondary N) is 1. The van der Waals surface area contributed by atoms with Crippen molar-refractivity contribution in [3.63, 3.8) is 0 Å². The van der Waals surface area contributed by atoms with Gasteiger partial charge in [0.2, 0.25) is 0 Å². The Hall–Kier alpha value is -1.72. The second-order valence-corrected chi connectivity index (χ2v) is 6.22. The van der Waals surface area contributed by atoms with Crippen molar-refractivity contribution in [2.24, 2.45) is 10.9 Å². The van der Waals surface area contributed by atoms with Crippen LogP contribution < -0.4 is 5.32 Å². The third-order valence-corrected chi connectivity index (χ3v) is 4.44. The molecule has 0 aromatic heterocycles. The Balaban J connectivity index is 1.35. The van der Waals surface area contributed by atoms with Crippen LogP contribution in [0, 0.1) is 11.7 Å². The molecule has 2 aliphatic heterocycles. The van der Waals surface area contributed by atoms with Crippen molar-refractivity contribution < 1.29 is 9.13 Å². The highest BCUT2D eigenvalue weighted by Crippen LogP contribution is 2.18. The van der Waals surface area contributed by atoms with E-state index in [0.29, 0.717) is 24.7 Å². The van der Waals surface area contributed by atoms with Gasteiger partial charge in [-0.25, -0.2) is 4.39 Å². The van der Waals surface area contributed by atoms with Crippen LogP contribution in [-0.4, -0.2) is 43.4 Å². The van der Waals surface area contributed by atoms with Crippen LogP contribution in [0.25, 0.3) is 0 Å². The van der Waals surface area contributed by atoms with E-state index in [1.54, 1.807) is 12.1 Å². The lowest BCUT2D eigenvalue weighted by molar-refractivity contribution is 0.0591. The molecule has 0 amide bonds. The molecule has 4 nitrogen and oxygen atoms in total. The summed E-state index contributed by atoms with van der Waals surface area (Å²) in [5.41, 5.74) is 1.84. The van der Waals surface area contributed by atoms with Crippen LogP contribution >= 0.6 is 0 Å². The minimum Gasteiger partial charge on any atom is -0.384 e. The summed E-state index contributed by atoms with van der Waals surface area (Å²) in [5, 5.41) is 3.19. The number of ether oxygens (including phenoxy) is 1. The molecule has 1 N–H and O–H groups in total. The van der Waals surface area contributed by atoms with E-state index in [-0.39, 0.29) is 5.82 Å². The van der Waals surface area contributed by atoms with Crippen molar-refractivity contribution in [2.75, 3.05) is 32.8 Å². The molecule has 0 radical (unpaired) electrons. The van der Waals surface area contributed by atoms with E-state index < -0.39 is 0 Å². The van der Waals surface area contributed by atoms with Gasteiger partial charge < -0.3 is 10.1 Å². The highest BCUT2D eigenvalue weighted by molar-refractivity contribution is 5.89. The fraction of sp³-hybridized carbons (Fsp3) is 0.500. The normalized spacial score (nSPS) is 19.4. The molecule has 0 bridgehead atoms. The number of halogens is 1. The Labute approximate surface area is 137 Å². The molecule has 124 valence electrons. The predicted octanol–water partition coefficient (Wildman–Crippen LogP) is 2.57. The van der Waals surface area contributed by atoms with Gasteiger partial charge in [-0.05, 0) is 37.9 Å². The van der Waals surface area contributed by atoms with E-state index in [9.17, 15) is 4.39 Å². The Bertz CT molecular complexity index is 565. The topological polar surface area (TPSA) is 36.9 Å². The quantitative estimate of drug-likeness (QED) is 0.876. The molecule has 0 aliphatic carbocycles. The highest BCUT2D eigenvalue weighted by Gasteiger charge is 2.20. The second kappa shape index (κ2) is 8.22. The van der Waals surface area contributed by atoms with Gasteiger partial charge in [-0.1, -0.05) is 18.2 Å². The van der Waals surface area contributed by atoms with E-state index in [0.717, 1.165) is 39.0 Å². The predicted molar refractivity (Wildman–Crippen MR) is 89.8 cm³/mol. The maximum atomic E-state index is 13.5. The number of rotatable bonds is 6. The van der Waals surface area contributed by atoms with Gasteiger partial charge in [0.1, 0.15) is 5.82 Å². The summed E-state index contributed by atoms with van der Waals surface area (Å²) in [7, 11) is 0. The Morgan fingerprint density at radius 1 is 1.26 bits per heavy atom. The zero-order valence-corrected chi connectivity index (χ0v) is 13.4. The number of aliphatic imine (C=N–C) groups is 1. The van der Waals surface area contributed by atoms with Crippen molar-refractivity contribution in [3.8, 4) is 0 Å². The van der Waals surface area contributed by atoms with E-state index >= 15 is 0 Å². The zero-order valence-electron chi connectivity index (χ0n) is 13.4. The summed E-state index contributed by atoms with van der Waals surface area (Å²) in [5.74, 6) is 0.391. The molecule has 0 saturated carbocycles. The average molecular weight is 317 g/mol. The van der Waals surface area contributed by atoms with E-state index in [1.807, 2.05) is 18.5 Å². The van der Waals surface area contributed by atoms with Crippen LogP contribution in [-0.2, 0) is 11.3 Å². The first-order valence-electron chi connectivity index (χ1n) is 8.29. The lowest BCUT2D eigenvalue weighted by Gasteiger charge is -2.32. The van der Waals surface area contributed by atoms with Gasteiger partial charge in [-0.3, -0.25) is 9.89 Å². The molecule has 1 fully saturated rings. The first-order valence-corrected chi connectivity index (χ1v) is 8.29. The molecular formula is C18H24FN3O. The smallest absolute Gasteiger partial charge is 0.128 e. The lowest BCUT2D eigenvalue weighted by atomic mass is 9.97. The molecule has 0 unspecified atom stereocenters. The van der Waals surface area contributed by atoms with Gasteiger partial charge in [0, 0.05) is 31.1 Å². The summed E-state index contributed by atoms with van der Waals surface area (Å²) in [6.07, 6.45) is 5.96. The van der Waals surface area contributed by atoms with Crippen molar-refractivity contribution in [2.45, 2.75) is 19.4 Å². The number of likely N-dealkylation sites (tertiary alicyclic amines) is 1. The van der Waals surface area contributed by atoms with Gasteiger partial charge in [0.25, 0.3) is 0 Å². The van der Waals surface area contributed by atoms with Crippen LogP contribution in [0.3, 0.4) is 0 Å². The SMILES string of the molecule is Fc1ccccc1COCC1CCN(CC2=NC=CNC2)CC1. The molecule has 0 spiro atoms. The number of hydrogen-bond acceptors (Lipinski definition) is 4. The lowest BCUT2D eigenvalue weighted by Crippen LogP contribution is -2.40. The third kappa shape index (κ3) is 4.88. The minimum atomic E-state index is -0.182. The second-order valence-electron chi connectivity index (χ2n) is 6.22. The maximum Gasteiger partial charge on any atom is 0.128 e. The van der Waals surface area contributed by atoms with Crippen LogP contribution in [0.4, 0.5) is 4.39 Å². The molecule has 5 heteroatoms. The number of piperidine rings is 1. The van der Waals surface area contributed by atoms with E-state index in [4.69, 9.17) is 4.74 Å². The van der Waals surface area contributed by atoms with Gasteiger partial charge in [0.05, 0.1) is 18.9 Å². The number of nitrogens with zero attached hydrogens (tertiary/aromatic N) is 2. The average Bonchev–Trinajstić information content (AvgIpc) is 2.59. The van der Waals surface area contributed by atoms with Gasteiger partial charge in [-0.15, -0.1) is 0 Å². The molecule has 1 aromatic rings. The number of hydrogen-bond donors (Lipinski definition) is 1. The highest BCUT2D eigenvalue weighted by atomic mass is 19.1. The van der Waals surface area contributed by atoms with Crippen molar-refractivity contribution in [1.29, 1.82) is 0 Å². The van der Waals surface area contributed by atoms with E-state index in [1.165, 1.54) is 11.8 Å². The van der Waals surface area contributed by atoms with Crippen molar-refractivity contribution >= 4 is 5.71 Å². The summed E-state index contributed by atoms with van der Waals surface area (Å²) >= 11 is 0. The summed E-state index contributed by atoms with van der Waals surface area (Å²) < 4.78 is 19.2. The van der Waals surface area contributed by atoms with Gasteiger partial charge >= 0.3 is 0 Å². The van der Waals surface area contributed by atoms with Gasteiger partial charge in [-0.2, -0.15) is 0 Å². The summed E-state index contributed by atoms with van der Waals surface area (Å²) in [6, 6.07) is 6.81. The molecule has 1 aromatic carbocycles. The molecule has 1 saturated heterocycles. The molecule has 2 aliphatic rings. The number of benzene rings is 1. The molecular weight excluding hydrogens is 293 g/mol. The zero-order chi connectivity index (χ0) is 15.9. The third-order valence-electron chi connectivity index (χ3n) is 4.44. The molecule has 0 atom stereocenters. The first-order chi connectivity index (χ1) is 11.3. The standard InChI is InChI=1S/C18H24FN3O/c19-18-4-2-1-3-16(18)14-23-13-15-5-9-22(10-6-15)12-17-11-20-7-8-21-17/h1-4,7-8,15,20H,5-6,9-14H2.